The summed E-state index contributed by atoms with van der Waals surface area (Å²) >= 11 is 1.47. The first kappa shape index (κ1) is 18.1. The lowest BCUT2D eigenvalue weighted by atomic mass is 10.1. The van der Waals surface area contributed by atoms with Crippen molar-refractivity contribution < 1.29 is 9.59 Å². The average Bonchev–Trinajstić information content (AvgIpc) is 2.88. The predicted molar refractivity (Wildman–Crippen MR) is 98.2 cm³/mol. The lowest BCUT2D eigenvalue weighted by Gasteiger charge is -2.09. The minimum absolute atomic E-state index is 0.0366. The zero-order valence-corrected chi connectivity index (χ0v) is 15.4. The molecule has 0 unspecified atom stereocenters. The molecule has 1 aromatic heterocycles. The van der Waals surface area contributed by atoms with Gasteiger partial charge in [-0.25, -0.2) is 4.98 Å². The highest BCUT2D eigenvalue weighted by Gasteiger charge is 2.12. The SMILES string of the molecule is Cc1ccc(-c2nc(NC(=O)CCCC(=O)N(C)C)sc2C)cc1. The summed E-state index contributed by atoms with van der Waals surface area (Å²) in [4.78, 5) is 30.6. The molecule has 2 rings (SSSR count). The standard InChI is InChI=1S/C18H23N3O2S/c1-12-8-10-14(11-9-12)17-13(2)24-18(20-17)19-15(22)6-5-7-16(23)21(3)4/h8-11H,5-7H2,1-4H3,(H,19,20,22). The summed E-state index contributed by atoms with van der Waals surface area (Å²) in [6, 6.07) is 8.17. The Hall–Kier alpha value is -2.21. The molecule has 0 fully saturated rings. The first-order valence-corrected chi connectivity index (χ1v) is 8.73. The Kier molecular flexibility index (Phi) is 6.09. The van der Waals surface area contributed by atoms with E-state index >= 15 is 0 Å². The molecule has 0 spiro atoms. The lowest BCUT2D eigenvalue weighted by molar-refractivity contribution is -0.128. The van der Waals surface area contributed by atoms with Gasteiger partial charge in [0, 0.05) is 37.4 Å². The molecule has 5 nitrogen and oxygen atoms in total. The van der Waals surface area contributed by atoms with Gasteiger partial charge in [0.2, 0.25) is 11.8 Å². The number of hydrogen-bond donors (Lipinski definition) is 1. The van der Waals surface area contributed by atoms with Gasteiger partial charge >= 0.3 is 0 Å². The number of carbonyl (C=O) groups excluding carboxylic acids is 2. The fourth-order valence-corrected chi connectivity index (χ4v) is 3.09. The van der Waals surface area contributed by atoms with Gasteiger partial charge in [0.25, 0.3) is 0 Å². The van der Waals surface area contributed by atoms with Crippen LogP contribution in [0.25, 0.3) is 11.3 Å². The van der Waals surface area contributed by atoms with E-state index in [9.17, 15) is 9.59 Å². The number of amides is 2. The number of anilines is 1. The number of benzene rings is 1. The molecule has 0 saturated carbocycles. The van der Waals surface area contributed by atoms with E-state index in [1.165, 1.54) is 21.8 Å². The molecule has 0 atom stereocenters. The minimum atomic E-state index is -0.106. The van der Waals surface area contributed by atoms with Crippen molar-refractivity contribution in [1.29, 1.82) is 0 Å². The van der Waals surface area contributed by atoms with Crippen LogP contribution in [0.2, 0.25) is 0 Å². The molecule has 0 aliphatic carbocycles. The van der Waals surface area contributed by atoms with Crippen LogP contribution < -0.4 is 5.32 Å². The molecule has 128 valence electrons. The van der Waals surface area contributed by atoms with Gasteiger partial charge in [-0.15, -0.1) is 11.3 Å². The Morgan fingerprint density at radius 3 is 2.42 bits per heavy atom. The Morgan fingerprint density at radius 1 is 1.12 bits per heavy atom. The molecule has 0 bridgehead atoms. The topological polar surface area (TPSA) is 62.3 Å². The quantitative estimate of drug-likeness (QED) is 0.870. The third kappa shape index (κ3) is 4.89. The third-order valence-electron chi connectivity index (χ3n) is 3.66. The van der Waals surface area contributed by atoms with Gasteiger partial charge in [-0.2, -0.15) is 0 Å². The van der Waals surface area contributed by atoms with Crippen LogP contribution in [0, 0.1) is 13.8 Å². The Balaban J connectivity index is 1.94. The van der Waals surface area contributed by atoms with Crippen LogP contribution in [-0.4, -0.2) is 35.8 Å². The molecule has 0 aliphatic heterocycles. The molecule has 0 saturated heterocycles. The fourth-order valence-electron chi connectivity index (χ4n) is 2.23. The van der Waals surface area contributed by atoms with Crippen LogP contribution in [0.3, 0.4) is 0 Å². The van der Waals surface area contributed by atoms with E-state index in [1.54, 1.807) is 14.1 Å². The number of aromatic nitrogens is 1. The summed E-state index contributed by atoms with van der Waals surface area (Å²) in [5.41, 5.74) is 3.15. The average molecular weight is 345 g/mol. The largest absolute Gasteiger partial charge is 0.349 e. The molecular formula is C18H23N3O2S. The van der Waals surface area contributed by atoms with Crippen molar-refractivity contribution in [2.24, 2.45) is 0 Å². The van der Waals surface area contributed by atoms with Gasteiger partial charge in [-0.3, -0.25) is 9.59 Å². The van der Waals surface area contributed by atoms with E-state index in [-0.39, 0.29) is 11.8 Å². The van der Waals surface area contributed by atoms with E-state index in [1.807, 2.05) is 38.1 Å². The number of nitrogens with one attached hydrogen (secondary N) is 1. The predicted octanol–water partition coefficient (Wildman–Crippen LogP) is 3.62. The number of nitrogens with zero attached hydrogens (tertiary/aromatic N) is 2. The van der Waals surface area contributed by atoms with Gasteiger partial charge < -0.3 is 10.2 Å². The second-order valence-electron chi connectivity index (χ2n) is 5.98. The summed E-state index contributed by atoms with van der Waals surface area (Å²) in [5, 5.41) is 3.43. The van der Waals surface area contributed by atoms with Crippen molar-refractivity contribution in [2.75, 3.05) is 19.4 Å². The van der Waals surface area contributed by atoms with Crippen molar-refractivity contribution in [3.8, 4) is 11.3 Å². The minimum Gasteiger partial charge on any atom is -0.349 e. The highest BCUT2D eigenvalue weighted by molar-refractivity contribution is 7.16. The van der Waals surface area contributed by atoms with Crippen molar-refractivity contribution in [3.05, 3.63) is 34.7 Å². The number of carbonyl (C=O) groups is 2. The summed E-state index contributed by atoms with van der Waals surface area (Å²) in [7, 11) is 3.43. The maximum Gasteiger partial charge on any atom is 0.226 e. The maximum atomic E-state index is 12.0. The van der Waals surface area contributed by atoms with Gasteiger partial charge in [-0.05, 0) is 20.3 Å². The monoisotopic (exact) mass is 345 g/mol. The van der Waals surface area contributed by atoms with Crippen molar-refractivity contribution in [3.63, 3.8) is 0 Å². The van der Waals surface area contributed by atoms with Crippen LogP contribution in [-0.2, 0) is 9.59 Å². The molecule has 2 amide bonds. The van der Waals surface area contributed by atoms with Crippen LogP contribution in [0.5, 0.6) is 0 Å². The van der Waals surface area contributed by atoms with E-state index in [4.69, 9.17) is 0 Å². The maximum absolute atomic E-state index is 12.0. The zero-order chi connectivity index (χ0) is 17.7. The highest BCUT2D eigenvalue weighted by atomic mass is 32.1. The normalized spacial score (nSPS) is 10.5. The number of aryl methyl sites for hydroxylation is 2. The van der Waals surface area contributed by atoms with E-state index in [0.717, 1.165) is 16.1 Å². The van der Waals surface area contributed by atoms with E-state index < -0.39 is 0 Å². The number of thiazole rings is 1. The van der Waals surface area contributed by atoms with Gasteiger partial charge in [-0.1, -0.05) is 29.8 Å². The van der Waals surface area contributed by atoms with Gasteiger partial charge in [0.05, 0.1) is 5.69 Å². The molecule has 0 radical (unpaired) electrons. The molecular weight excluding hydrogens is 322 g/mol. The lowest BCUT2D eigenvalue weighted by Crippen LogP contribution is -2.21. The van der Waals surface area contributed by atoms with Gasteiger partial charge in [0.1, 0.15) is 0 Å². The summed E-state index contributed by atoms with van der Waals surface area (Å²) < 4.78 is 0. The molecule has 1 heterocycles. The first-order valence-electron chi connectivity index (χ1n) is 7.91. The smallest absolute Gasteiger partial charge is 0.226 e. The van der Waals surface area contributed by atoms with E-state index in [0.29, 0.717) is 24.4 Å². The molecule has 24 heavy (non-hydrogen) atoms. The summed E-state index contributed by atoms with van der Waals surface area (Å²) in [6.07, 6.45) is 1.24. The summed E-state index contributed by atoms with van der Waals surface area (Å²) in [5.74, 6) is -0.0692. The van der Waals surface area contributed by atoms with Crippen LogP contribution in [0.4, 0.5) is 5.13 Å². The Labute approximate surface area is 146 Å². The fraction of sp³-hybridized carbons (Fsp3) is 0.389. The van der Waals surface area contributed by atoms with E-state index in [2.05, 4.69) is 10.3 Å². The van der Waals surface area contributed by atoms with Gasteiger partial charge in [0.15, 0.2) is 5.13 Å². The Bertz CT molecular complexity index is 720. The van der Waals surface area contributed by atoms with Crippen molar-refractivity contribution in [1.82, 2.24) is 9.88 Å². The number of rotatable bonds is 6. The second kappa shape index (κ2) is 8.06. The molecule has 2 aromatic rings. The van der Waals surface area contributed by atoms with Crippen LogP contribution in [0.1, 0.15) is 29.7 Å². The molecule has 6 heteroatoms. The van der Waals surface area contributed by atoms with Crippen molar-refractivity contribution in [2.45, 2.75) is 33.1 Å². The third-order valence-corrected chi connectivity index (χ3v) is 4.55. The van der Waals surface area contributed by atoms with Crippen LogP contribution in [0.15, 0.2) is 24.3 Å². The molecule has 1 aromatic carbocycles. The Morgan fingerprint density at radius 2 is 1.79 bits per heavy atom. The highest BCUT2D eigenvalue weighted by Crippen LogP contribution is 2.30. The number of hydrogen-bond acceptors (Lipinski definition) is 4. The molecule has 1 N–H and O–H groups in total. The van der Waals surface area contributed by atoms with Crippen LogP contribution >= 0.6 is 11.3 Å². The zero-order valence-electron chi connectivity index (χ0n) is 14.5. The summed E-state index contributed by atoms with van der Waals surface area (Å²) in [6.45, 7) is 4.04. The first-order chi connectivity index (χ1) is 11.4. The van der Waals surface area contributed by atoms with Crippen molar-refractivity contribution >= 4 is 28.3 Å². The molecule has 0 aliphatic rings. The second-order valence-corrected chi connectivity index (χ2v) is 7.18.